The zero-order valence-corrected chi connectivity index (χ0v) is 13.3. The Kier molecular flexibility index (Phi) is 5.38. The number of aromatic nitrogens is 3. The molecule has 0 saturated heterocycles. The van der Waals surface area contributed by atoms with Crippen molar-refractivity contribution in [3.8, 4) is 0 Å². The van der Waals surface area contributed by atoms with Crippen molar-refractivity contribution in [1.82, 2.24) is 19.4 Å². The van der Waals surface area contributed by atoms with Crippen molar-refractivity contribution in [3.63, 3.8) is 0 Å². The van der Waals surface area contributed by atoms with E-state index in [1.807, 2.05) is 12.3 Å². The second-order valence-corrected chi connectivity index (χ2v) is 5.31. The first-order valence-electron chi connectivity index (χ1n) is 7.30. The van der Waals surface area contributed by atoms with E-state index in [1.54, 1.807) is 0 Å². The lowest BCUT2D eigenvalue weighted by Gasteiger charge is -2.20. The highest BCUT2D eigenvalue weighted by Gasteiger charge is 2.13. The van der Waals surface area contributed by atoms with Crippen molar-refractivity contribution in [1.29, 1.82) is 0 Å². The fraction of sp³-hybridized carbons (Fsp3) is 0.600. The van der Waals surface area contributed by atoms with Gasteiger partial charge in [-0.25, -0.2) is 9.97 Å². The Labute approximate surface area is 125 Å². The Morgan fingerprint density at radius 3 is 2.75 bits per heavy atom. The van der Waals surface area contributed by atoms with Crippen LogP contribution < -0.4 is 0 Å². The molecule has 0 amide bonds. The number of rotatable bonds is 7. The molecule has 2 aromatic heterocycles. The van der Waals surface area contributed by atoms with E-state index in [-0.39, 0.29) is 0 Å². The van der Waals surface area contributed by atoms with Crippen molar-refractivity contribution in [3.05, 3.63) is 23.7 Å². The molecular formula is C15H23ClN4. The van der Waals surface area contributed by atoms with Gasteiger partial charge in [0.15, 0.2) is 5.65 Å². The number of fused-ring (bicyclic) bond motifs is 1. The predicted octanol–water partition coefficient (Wildman–Crippen LogP) is 3.21. The lowest BCUT2D eigenvalue weighted by Crippen LogP contribution is -2.28. The molecule has 0 N–H and O–H groups in total. The van der Waals surface area contributed by atoms with E-state index in [0.717, 1.165) is 48.7 Å². The zero-order chi connectivity index (χ0) is 14.5. The summed E-state index contributed by atoms with van der Waals surface area (Å²) in [5, 5.41) is 0. The largest absolute Gasteiger partial charge is 0.310 e. The van der Waals surface area contributed by atoms with Crippen LogP contribution >= 0.6 is 11.6 Å². The number of aryl methyl sites for hydroxylation is 1. The molecule has 4 nitrogen and oxygen atoms in total. The van der Waals surface area contributed by atoms with E-state index in [2.05, 4.69) is 40.2 Å². The molecule has 0 aromatic carbocycles. The second kappa shape index (κ2) is 7.04. The number of pyridine rings is 1. The van der Waals surface area contributed by atoms with Crippen molar-refractivity contribution in [2.24, 2.45) is 0 Å². The van der Waals surface area contributed by atoms with Gasteiger partial charge in [-0.2, -0.15) is 0 Å². The van der Waals surface area contributed by atoms with Crippen LogP contribution in [0.15, 0.2) is 12.3 Å². The standard InChI is InChI=1S/C15H23ClN4/c1-4-8-19(5-2)9-10-20-13(11-16)18-14-12(3)6-7-17-15(14)20/h6-7H,4-5,8-11H2,1-3H3. The first kappa shape index (κ1) is 15.3. The fourth-order valence-electron chi connectivity index (χ4n) is 2.51. The average molecular weight is 295 g/mol. The predicted molar refractivity (Wildman–Crippen MR) is 84.2 cm³/mol. The Balaban J connectivity index is 2.26. The molecule has 0 bridgehead atoms. The topological polar surface area (TPSA) is 34.0 Å². The fourth-order valence-corrected chi connectivity index (χ4v) is 2.71. The van der Waals surface area contributed by atoms with Crippen LogP contribution in [0.25, 0.3) is 11.2 Å². The first-order chi connectivity index (χ1) is 9.71. The summed E-state index contributed by atoms with van der Waals surface area (Å²) in [7, 11) is 0. The van der Waals surface area contributed by atoms with Crippen LogP contribution in [-0.4, -0.2) is 39.1 Å². The van der Waals surface area contributed by atoms with E-state index in [0.29, 0.717) is 5.88 Å². The molecule has 0 unspecified atom stereocenters. The molecular weight excluding hydrogens is 272 g/mol. The monoisotopic (exact) mass is 294 g/mol. The summed E-state index contributed by atoms with van der Waals surface area (Å²) in [6, 6.07) is 1.99. The third-order valence-corrected chi connectivity index (χ3v) is 3.90. The van der Waals surface area contributed by atoms with Gasteiger partial charge in [-0.05, 0) is 38.1 Å². The first-order valence-corrected chi connectivity index (χ1v) is 7.83. The van der Waals surface area contributed by atoms with Crippen LogP contribution in [0.3, 0.4) is 0 Å². The molecule has 110 valence electrons. The molecule has 0 aliphatic heterocycles. The normalized spacial score (nSPS) is 11.7. The maximum atomic E-state index is 6.04. The maximum Gasteiger partial charge on any atom is 0.160 e. The molecule has 0 radical (unpaired) electrons. The molecule has 0 aliphatic rings. The molecule has 2 aromatic rings. The summed E-state index contributed by atoms with van der Waals surface area (Å²) in [5.74, 6) is 1.34. The van der Waals surface area contributed by atoms with E-state index >= 15 is 0 Å². The minimum atomic E-state index is 0.426. The van der Waals surface area contributed by atoms with Crippen molar-refractivity contribution in [2.75, 3.05) is 19.6 Å². The smallest absolute Gasteiger partial charge is 0.160 e. The summed E-state index contributed by atoms with van der Waals surface area (Å²) in [6.45, 7) is 10.6. The van der Waals surface area contributed by atoms with Gasteiger partial charge in [-0.3, -0.25) is 0 Å². The molecule has 0 atom stereocenters. The van der Waals surface area contributed by atoms with Gasteiger partial charge in [0.1, 0.15) is 11.3 Å². The van der Waals surface area contributed by atoms with E-state index in [1.165, 1.54) is 6.42 Å². The lowest BCUT2D eigenvalue weighted by molar-refractivity contribution is 0.277. The average Bonchev–Trinajstić information content (AvgIpc) is 2.83. The van der Waals surface area contributed by atoms with E-state index in [9.17, 15) is 0 Å². The second-order valence-electron chi connectivity index (χ2n) is 5.05. The Bertz CT molecular complexity index is 564. The molecule has 0 aliphatic carbocycles. The maximum absolute atomic E-state index is 6.04. The molecule has 0 fully saturated rings. The highest BCUT2D eigenvalue weighted by atomic mass is 35.5. The molecule has 2 heterocycles. The minimum absolute atomic E-state index is 0.426. The van der Waals surface area contributed by atoms with Crippen LogP contribution in [0, 0.1) is 6.92 Å². The molecule has 2 rings (SSSR count). The Morgan fingerprint density at radius 2 is 2.10 bits per heavy atom. The zero-order valence-electron chi connectivity index (χ0n) is 12.6. The van der Waals surface area contributed by atoms with Gasteiger partial charge in [-0.15, -0.1) is 11.6 Å². The Hall–Kier alpha value is -1.13. The van der Waals surface area contributed by atoms with Gasteiger partial charge in [0.25, 0.3) is 0 Å². The molecule has 0 spiro atoms. The Morgan fingerprint density at radius 1 is 1.30 bits per heavy atom. The SMILES string of the molecule is CCCN(CC)CCn1c(CCl)nc2c(C)ccnc21. The summed E-state index contributed by atoms with van der Waals surface area (Å²) in [5.41, 5.74) is 3.08. The highest BCUT2D eigenvalue weighted by molar-refractivity contribution is 6.16. The summed E-state index contributed by atoms with van der Waals surface area (Å²) in [4.78, 5) is 11.6. The number of imidazole rings is 1. The summed E-state index contributed by atoms with van der Waals surface area (Å²) in [6.07, 6.45) is 3.02. The number of nitrogens with zero attached hydrogens (tertiary/aromatic N) is 4. The van der Waals surface area contributed by atoms with Crippen molar-refractivity contribution in [2.45, 2.75) is 39.6 Å². The van der Waals surface area contributed by atoms with E-state index in [4.69, 9.17) is 11.6 Å². The molecule has 5 heteroatoms. The van der Waals surface area contributed by atoms with Gasteiger partial charge >= 0.3 is 0 Å². The van der Waals surface area contributed by atoms with Gasteiger partial charge < -0.3 is 9.47 Å². The third kappa shape index (κ3) is 3.13. The summed E-state index contributed by atoms with van der Waals surface area (Å²) >= 11 is 6.04. The number of alkyl halides is 1. The lowest BCUT2D eigenvalue weighted by atomic mass is 10.3. The number of hydrogen-bond acceptors (Lipinski definition) is 3. The van der Waals surface area contributed by atoms with Gasteiger partial charge in [0, 0.05) is 19.3 Å². The van der Waals surface area contributed by atoms with Crippen molar-refractivity contribution >= 4 is 22.8 Å². The number of halogens is 1. The van der Waals surface area contributed by atoms with Gasteiger partial charge in [0.05, 0.1) is 5.88 Å². The molecule has 0 saturated carbocycles. The quantitative estimate of drug-likeness (QED) is 0.735. The summed E-state index contributed by atoms with van der Waals surface area (Å²) < 4.78 is 2.16. The van der Waals surface area contributed by atoms with Crippen LogP contribution in [0.2, 0.25) is 0 Å². The van der Waals surface area contributed by atoms with Crippen molar-refractivity contribution < 1.29 is 0 Å². The van der Waals surface area contributed by atoms with Gasteiger partial charge in [0.2, 0.25) is 0 Å². The number of likely N-dealkylation sites (N-methyl/N-ethyl adjacent to an activating group) is 1. The van der Waals surface area contributed by atoms with E-state index < -0.39 is 0 Å². The van der Waals surface area contributed by atoms with Crippen LogP contribution in [0.5, 0.6) is 0 Å². The van der Waals surface area contributed by atoms with Crippen LogP contribution in [0.1, 0.15) is 31.7 Å². The minimum Gasteiger partial charge on any atom is -0.310 e. The number of hydrogen-bond donors (Lipinski definition) is 0. The highest BCUT2D eigenvalue weighted by Crippen LogP contribution is 2.18. The molecule has 20 heavy (non-hydrogen) atoms. The third-order valence-electron chi connectivity index (χ3n) is 3.66. The van der Waals surface area contributed by atoms with Crippen LogP contribution in [0.4, 0.5) is 0 Å². The van der Waals surface area contributed by atoms with Crippen LogP contribution in [-0.2, 0) is 12.4 Å². The van der Waals surface area contributed by atoms with Gasteiger partial charge in [-0.1, -0.05) is 13.8 Å².